The predicted octanol–water partition coefficient (Wildman–Crippen LogP) is 4.63. The molecule has 0 radical (unpaired) electrons. The second kappa shape index (κ2) is 8.28. The maximum Gasteiger partial charge on any atom is 0.231 e. The van der Waals surface area contributed by atoms with E-state index < -0.39 is 23.7 Å². The van der Waals surface area contributed by atoms with E-state index in [0.29, 0.717) is 34.8 Å². The molecule has 5 nitrogen and oxygen atoms in total. The number of hydrogen-bond donors (Lipinski definition) is 2. The molecule has 168 valence electrons. The molecule has 0 spiro atoms. The minimum Gasteiger partial charge on any atom is -0.385 e. The molecule has 2 fully saturated rings. The molecule has 2 heterocycles. The molecule has 2 aliphatic rings. The molecule has 5 rings (SSSR count). The van der Waals surface area contributed by atoms with E-state index in [1.165, 1.54) is 30.7 Å². The highest BCUT2D eigenvalue weighted by atomic mass is 19.1. The number of rotatable bonds is 5. The fraction of sp³-hybridized carbons (Fsp3) is 0.440. The number of halogens is 2. The molecule has 7 heteroatoms. The van der Waals surface area contributed by atoms with Crippen LogP contribution in [0.4, 0.5) is 8.78 Å². The molecule has 1 saturated carbocycles. The molecule has 1 aliphatic carbocycles. The topological polar surface area (TPSA) is 69.3 Å². The first kappa shape index (κ1) is 21.1. The van der Waals surface area contributed by atoms with Crippen molar-refractivity contribution in [2.75, 3.05) is 6.54 Å². The van der Waals surface area contributed by atoms with Crippen LogP contribution >= 0.6 is 0 Å². The number of hydrogen-bond acceptors (Lipinski definition) is 3. The Hall–Kier alpha value is -2.80. The lowest BCUT2D eigenvalue weighted by Crippen LogP contribution is -2.41. The minimum absolute atomic E-state index is 0.0209. The van der Waals surface area contributed by atoms with E-state index in [0.717, 1.165) is 25.7 Å². The molecule has 1 saturated heterocycles. The van der Waals surface area contributed by atoms with Crippen molar-refractivity contribution in [3.8, 4) is 0 Å². The lowest BCUT2D eigenvalue weighted by Gasteiger charge is -2.31. The number of aliphatic hydroxyl groups is 1. The zero-order chi connectivity index (χ0) is 22.4. The molecule has 2 aromatic carbocycles. The van der Waals surface area contributed by atoms with Gasteiger partial charge in [-0.3, -0.25) is 4.79 Å². The fourth-order valence-corrected chi connectivity index (χ4v) is 5.49. The normalized spacial score (nSPS) is 21.0. The first-order valence-electron chi connectivity index (χ1n) is 11.4. The number of amides is 1. The Kier molecular flexibility index (Phi) is 5.45. The number of carbonyl (C=O) groups excluding carboxylic acids is 1. The SMILES string of the molecule is N=C(C(O)Cn1c2ccc(F)cc2c2cc(F)ccc21)C1CCN(C2CCCCC2)C1=O. The van der Waals surface area contributed by atoms with E-state index in [1.807, 2.05) is 4.90 Å². The smallest absolute Gasteiger partial charge is 0.231 e. The number of carbonyl (C=O) groups is 1. The van der Waals surface area contributed by atoms with Gasteiger partial charge in [0.05, 0.1) is 18.2 Å². The van der Waals surface area contributed by atoms with E-state index in [9.17, 15) is 18.7 Å². The van der Waals surface area contributed by atoms with Gasteiger partial charge in [-0.2, -0.15) is 0 Å². The minimum atomic E-state index is -1.16. The Morgan fingerprint density at radius 2 is 1.59 bits per heavy atom. The molecule has 0 bridgehead atoms. The van der Waals surface area contributed by atoms with Crippen molar-refractivity contribution < 1.29 is 18.7 Å². The summed E-state index contributed by atoms with van der Waals surface area (Å²) in [5.41, 5.74) is 1.33. The third kappa shape index (κ3) is 3.58. The van der Waals surface area contributed by atoms with Gasteiger partial charge < -0.3 is 20.0 Å². The van der Waals surface area contributed by atoms with Gasteiger partial charge in [0, 0.05) is 34.4 Å². The quantitative estimate of drug-likeness (QED) is 0.569. The van der Waals surface area contributed by atoms with E-state index in [4.69, 9.17) is 5.41 Å². The molecular formula is C25H27F2N3O2. The monoisotopic (exact) mass is 439 g/mol. The van der Waals surface area contributed by atoms with Crippen LogP contribution in [-0.4, -0.2) is 44.9 Å². The molecule has 32 heavy (non-hydrogen) atoms. The molecule has 1 aromatic heterocycles. The number of nitrogens with one attached hydrogen (secondary N) is 1. The van der Waals surface area contributed by atoms with Crippen LogP contribution in [0.15, 0.2) is 36.4 Å². The fourth-order valence-electron chi connectivity index (χ4n) is 5.49. The maximum absolute atomic E-state index is 13.9. The number of fused-ring (bicyclic) bond motifs is 3. The first-order valence-corrected chi connectivity index (χ1v) is 11.4. The van der Waals surface area contributed by atoms with Gasteiger partial charge in [0.15, 0.2) is 0 Å². The highest BCUT2D eigenvalue weighted by Crippen LogP contribution is 2.32. The van der Waals surface area contributed by atoms with Crippen molar-refractivity contribution in [3.05, 3.63) is 48.0 Å². The van der Waals surface area contributed by atoms with Crippen molar-refractivity contribution >= 4 is 33.4 Å². The van der Waals surface area contributed by atoms with Crippen LogP contribution in [0.2, 0.25) is 0 Å². The van der Waals surface area contributed by atoms with E-state index in [1.54, 1.807) is 16.7 Å². The summed E-state index contributed by atoms with van der Waals surface area (Å²) in [6, 6.07) is 8.83. The molecule has 2 N–H and O–H groups in total. The number of benzene rings is 2. The van der Waals surface area contributed by atoms with Gasteiger partial charge in [0.25, 0.3) is 0 Å². The number of aromatic nitrogens is 1. The number of aliphatic hydroxyl groups excluding tert-OH is 1. The third-order valence-corrected chi connectivity index (χ3v) is 7.13. The summed E-state index contributed by atoms with van der Waals surface area (Å²) in [7, 11) is 0. The number of likely N-dealkylation sites (tertiary alicyclic amines) is 1. The molecule has 1 amide bonds. The Bertz CT molecular complexity index is 1140. The Morgan fingerprint density at radius 1 is 1.00 bits per heavy atom. The second-order valence-corrected chi connectivity index (χ2v) is 9.07. The zero-order valence-electron chi connectivity index (χ0n) is 17.9. The van der Waals surface area contributed by atoms with Gasteiger partial charge in [-0.15, -0.1) is 0 Å². The maximum atomic E-state index is 13.9. The van der Waals surface area contributed by atoms with Gasteiger partial charge in [0.1, 0.15) is 17.7 Å². The van der Waals surface area contributed by atoms with Crippen LogP contribution in [0.3, 0.4) is 0 Å². The highest BCUT2D eigenvalue weighted by Gasteiger charge is 2.40. The lowest BCUT2D eigenvalue weighted by molar-refractivity contribution is -0.132. The van der Waals surface area contributed by atoms with Crippen molar-refractivity contribution in [2.45, 2.75) is 57.2 Å². The third-order valence-electron chi connectivity index (χ3n) is 7.13. The molecule has 2 unspecified atom stereocenters. The summed E-state index contributed by atoms with van der Waals surface area (Å²) in [6.07, 6.45) is 4.90. The summed E-state index contributed by atoms with van der Waals surface area (Å²) in [5.74, 6) is -1.50. The molecule has 1 aliphatic heterocycles. The Balaban J connectivity index is 1.40. The summed E-state index contributed by atoms with van der Waals surface area (Å²) in [5, 5.41) is 20.6. The summed E-state index contributed by atoms with van der Waals surface area (Å²) >= 11 is 0. The van der Waals surface area contributed by atoms with Crippen LogP contribution in [0.25, 0.3) is 21.8 Å². The summed E-state index contributed by atoms with van der Waals surface area (Å²) in [6.45, 7) is 0.681. The lowest BCUT2D eigenvalue weighted by atomic mass is 9.94. The Labute approximate surface area is 185 Å². The summed E-state index contributed by atoms with van der Waals surface area (Å²) in [4.78, 5) is 15.0. The van der Waals surface area contributed by atoms with Crippen LogP contribution in [0.5, 0.6) is 0 Å². The zero-order valence-corrected chi connectivity index (χ0v) is 17.9. The van der Waals surface area contributed by atoms with E-state index in [-0.39, 0.29) is 24.2 Å². The Morgan fingerprint density at radius 3 is 2.19 bits per heavy atom. The van der Waals surface area contributed by atoms with Gasteiger partial charge in [-0.05, 0) is 55.7 Å². The van der Waals surface area contributed by atoms with Gasteiger partial charge in [-0.25, -0.2) is 8.78 Å². The van der Waals surface area contributed by atoms with Gasteiger partial charge in [0.2, 0.25) is 5.91 Å². The summed E-state index contributed by atoms with van der Waals surface area (Å²) < 4.78 is 29.5. The van der Waals surface area contributed by atoms with Crippen LogP contribution in [0, 0.1) is 23.0 Å². The predicted molar refractivity (Wildman–Crippen MR) is 120 cm³/mol. The average Bonchev–Trinajstić information content (AvgIpc) is 3.31. The first-order chi connectivity index (χ1) is 15.4. The van der Waals surface area contributed by atoms with Gasteiger partial charge in [-0.1, -0.05) is 19.3 Å². The number of nitrogens with zero attached hydrogens (tertiary/aromatic N) is 2. The van der Waals surface area contributed by atoms with Crippen LogP contribution in [-0.2, 0) is 11.3 Å². The van der Waals surface area contributed by atoms with Crippen molar-refractivity contribution in [3.63, 3.8) is 0 Å². The van der Waals surface area contributed by atoms with Crippen LogP contribution < -0.4 is 0 Å². The van der Waals surface area contributed by atoms with Crippen molar-refractivity contribution in [1.29, 1.82) is 5.41 Å². The van der Waals surface area contributed by atoms with E-state index in [2.05, 4.69) is 0 Å². The van der Waals surface area contributed by atoms with Crippen molar-refractivity contribution in [1.82, 2.24) is 9.47 Å². The van der Waals surface area contributed by atoms with Gasteiger partial charge >= 0.3 is 0 Å². The van der Waals surface area contributed by atoms with E-state index >= 15 is 0 Å². The molecular weight excluding hydrogens is 412 g/mol. The molecule has 3 aromatic rings. The average molecular weight is 440 g/mol. The van der Waals surface area contributed by atoms with Crippen LogP contribution in [0.1, 0.15) is 38.5 Å². The largest absolute Gasteiger partial charge is 0.385 e. The second-order valence-electron chi connectivity index (χ2n) is 9.07. The van der Waals surface area contributed by atoms with Crippen molar-refractivity contribution in [2.24, 2.45) is 5.92 Å². The highest BCUT2D eigenvalue weighted by molar-refractivity contribution is 6.09. The standard InChI is InChI=1S/C25H27F2N3O2/c26-15-6-8-21-19(12-15)20-13-16(27)7-9-22(20)30(21)14-23(31)24(28)18-10-11-29(25(18)32)17-4-2-1-3-5-17/h6-9,12-13,17-18,23,28,31H,1-5,10-11,14H2. The molecule has 2 atom stereocenters.